The summed E-state index contributed by atoms with van der Waals surface area (Å²) in [5.74, 6) is 0.541. The van der Waals surface area contributed by atoms with Crippen molar-refractivity contribution in [3.8, 4) is 0 Å². The second kappa shape index (κ2) is 8.69. The smallest absolute Gasteiger partial charge is 0.0839 e. The molecule has 1 atom stereocenters. The van der Waals surface area contributed by atoms with Gasteiger partial charge in [-0.2, -0.15) is 4.91 Å². The minimum absolute atomic E-state index is 0.516. The molecule has 0 aromatic carbocycles. The molecule has 0 fully saturated rings. The fraction of sp³-hybridized carbons (Fsp3) is 1.00. The number of unbranched alkanes of at least 4 members (excludes halogenated alkanes) is 3. The van der Waals surface area contributed by atoms with Gasteiger partial charge in [-0.05, 0) is 12.3 Å². The van der Waals surface area contributed by atoms with E-state index in [2.05, 4.69) is 19.0 Å². The van der Waals surface area contributed by atoms with Crippen LogP contribution in [-0.4, -0.2) is 6.54 Å². The summed E-state index contributed by atoms with van der Waals surface area (Å²) in [6, 6.07) is 0. The van der Waals surface area contributed by atoms with Gasteiger partial charge in [0.05, 0.1) is 6.54 Å². The van der Waals surface area contributed by atoms with Crippen LogP contribution in [0.2, 0.25) is 0 Å². The summed E-state index contributed by atoms with van der Waals surface area (Å²) in [6.45, 7) is 4.86. The van der Waals surface area contributed by atoms with Gasteiger partial charge in [0, 0.05) is 0 Å². The summed E-state index contributed by atoms with van der Waals surface area (Å²) in [5.41, 5.74) is 0. The van der Waals surface area contributed by atoms with Crippen LogP contribution in [0.1, 0.15) is 52.4 Å². The third-order valence-corrected chi connectivity index (χ3v) is 2.38. The zero-order valence-corrected chi connectivity index (χ0v) is 8.38. The van der Waals surface area contributed by atoms with Crippen LogP contribution < -0.4 is 0 Å². The van der Waals surface area contributed by atoms with Crippen LogP contribution in [0.15, 0.2) is 5.18 Å². The van der Waals surface area contributed by atoms with Gasteiger partial charge in [-0.1, -0.05) is 51.1 Å². The van der Waals surface area contributed by atoms with Crippen molar-refractivity contribution in [2.45, 2.75) is 52.4 Å². The quantitative estimate of drug-likeness (QED) is 0.404. The molecule has 0 radical (unpaired) electrons. The van der Waals surface area contributed by atoms with E-state index in [9.17, 15) is 4.91 Å². The van der Waals surface area contributed by atoms with Gasteiger partial charge in [0.25, 0.3) is 0 Å². The highest BCUT2D eigenvalue weighted by atomic mass is 16.3. The molecule has 2 heteroatoms. The molecule has 0 aliphatic carbocycles. The van der Waals surface area contributed by atoms with Crippen LogP contribution in [0, 0.1) is 10.8 Å². The van der Waals surface area contributed by atoms with Crippen molar-refractivity contribution in [2.75, 3.05) is 6.54 Å². The molecule has 12 heavy (non-hydrogen) atoms. The average molecular weight is 171 g/mol. The Morgan fingerprint density at radius 2 is 1.92 bits per heavy atom. The highest BCUT2D eigenvalue weighted by Gasteiger charge is 2.04. The Labute approximate surface area is 75.7 Å². The zero-order valence-electron chi connectivity index (χ0n) is 8.38. The summed E-state index contributed by atoms with van der Waals surface area (Å²) in [7, 11) is 0. The standard InChI is InChI=1S/C10H21NO/c1-3-5-6-7-8-10(4-2)9-11-12/h10H,3-9H2,1-2H3. The predicted molar refractivity (Wildman–Crippen MR) is 53.2 cm³/mol. The van der Waals surface area contributed by atoms with Gasteiger partial charge in [0.15, 0.2) is 0 Å². The molecule has 0 spiro atoms. The monoisotopic (exact) mass is 171 g/mol. The summed E-state index contributed by atoms with van der Waals surface area (Å²) >= 11 is 0. The third-order valence-electron chi connectivity index (χ3n) is 2.38. The molecule has 0 aromatic heterocycles. The summed E-state index contributed by atoms with van der Waals surface area (Å²) < 4.78 is 0. The van der Waals surface area contributed by atoms with Crippen molar-refractivity contribution in [3.05, 3.63) is 4.91 Å². The molecular weight excluding hydrogens is 150 g/mol. The molecule has 0 aromatic rings. The maximum atomic E-state index is 10.0. The highest BCUT2D eigenvalue weighted by Crippen LogP contribution is 2.14. The minimum Gasteiger partial charge on any atom is -0.151 e. The SMILES string of the molecule is CCCCCCC(CC)CN=O. The number of nitroso groups, excluding NO2 is 1. The molecule has 0 saturated carbocycles. The van der Waals surface area contributed by atoms with E-state index in [-0.39, 0.29) is 0 Å². The van der Waals surface area contributed by atoms with Crippen molar-refractivity contribution in [3.63, 3.8) is 0 Å². The van der Waals surface area contributed by atoms with Gasteiger partial charge >= 0.3 is 0 Å². The number of nitrogens with zero attached hydrogens (tertiary/aromatic N) is 1. The van der Waals surface area contributed by atoms with Gasteiger partial charge in [0.1, 0.15) is 0 Å². The first-order valence-corrected chi connectivity index (χ1v) is 5.14. The van der Waals surface area contributed by atoms with Crippen LogP contribution in [0.5, 0.6) is 0 Å². The fourth-order valence-corrected chi connectivity index (χ4v) is 1.39. The van der Waals surface area contributed by atoms with Gasteiger partial charge < -0.3 is 0 Å². The molecule has 0 N–H and O–H groups in total. The summed E-state index contributed by atoms with van der Waals surface area (Å²) in [4.78, 5) is 10.0. The Morgan fingerprint density at radius 3 is 2.42 bits per heavy atom. The highest BCUT2D eigenvalue weighted by molar-refractivity contribution is 4.59. The van der Waals surface area contributed by atoms with E-state index >= 15 is 0 Å². The Hall–Kier alpha value is -0.400. The second-order valence-corrected chi connectivity index (χ2v) is 3.44. The molecule has 0 rings (SSSR count). The lowest BCUT2D eigenvalue weighted by atomic mass is 9.98. The summed E-state index contributed by atoms with van der Waals surface area (Å²) in [5, 5.41) is 2.96. The number of hydrogen-bond donors (Lipinski definition) is 0. The van der Waals surface area contributed by atoms with E-state index in [4.69, 9.17) is 0 Å². The van der Waals surface area contributed by atoms with Crippen LogP contribution in [0.3, 0.4) is 0 Å². The predicted octanol–water partition coefficient (Wildman–Crippen LogP) is 3.75. The normalized spacial score (nSPS) is 12.8. The molecular formula is C10H21NO. The van der Waals surface area contributed by atoms with Crippen molar-refractivity contribution in [1.82, 2.24) is 0 Å². The maximum Gasteiger partial charge on any atom is 0.0839 e. The summed E-state index contributed by atoms with van der Waals surface area (Å²) in [6.07, 6.45) is 7.46. The van der Waals surface area contributed by atoms with Crippen molar-refractivity contribution >= 4 is 0 Å². The Bertz CT molecular complexity index is 104. The first-order valence-electron chi connectivity index (χ1n) is 5.14. The maximum absolute atomic E-state index is 10.0. The lowest BCUT2D eigenvalue weighted by molar-refractivity contribution is 0.450. The molecule has 72 valence electrons. The zero-order chi connectivity index (χ0) is 9.23. The Morgan fingerprint density at radius 1 is 1.17 bits per heavy atom. The molecule has 0 aliphatic heterocycles. The lowest BCUT2D eigenvalue weighted by Gasteiger charge is -2.09. The second-order valence-electron chi connectivity index (χ2n) is 3.44. The van der Waals surface area contributed by atoms with Crippen LogP contribution in [0.4, 0.5) is 0 Å². The van der Waals surface area contributed by atoms with Crippen molar-refractivity contribution < 1.29 is 0 Å². The lowest BCUT2D eigenvalue weighted by Crippen LogP contribution is -2.02. The molecule has 0 saturated heterocycles. The largest absolute Gasteiger partial charge is 0.151 e. The van der Waals surface area contributed by atoms with Crippen molar-refractivity contribution in [2.24, 2.45) is 11.1 Å². The fourth-order valence-electron chi connectivity index (χ4n) is 1.39. The average Bonchev–Trinajstić information content (AvgIpc) is 2.10. The van der Waals surface area contributed by atoms with E-state index in [0.717, 1.165) is 6.42 Å². The molecule has 2 nitrogen and oxygen atoms in total. The van der Waals surface area contributed by atoms with E-state index < -0.39 is 0 Å². The molecule has 0 amide bonds. The first-order chi connectivity index (χ1) is 5.85. The van der Waals surface area contributed by atoms with E-state index in [1.807, 2.05) is 0 Å². The van der Waals surface area contributed by atoms with Gasteiger partial charge in [0.2, 0.25) is 0 Å². The number of rotatable bonds is 8. The van der Waals surface area contributed by atoms with Crippen LogP contribution in [0.25, 0.3) is 0 Å². The van der Waals surface area contributed by atoms with Gasteiger partial charge in [-0.3, -0.25) is 0 Å². The third kappa shape index (κ3) is 6.32. The molecule has 0 heterocycles. The van der Waals surface area contributed by atoms with Gasteiger partial charge in [-0.25, -0.2) is 0 Å². The van der Waals surface area contributed by atoms with E-state index in [1.54, 1.807) is 0 Å². The van der Waals surface area contributed by atoms with Gasteiger partial charge in [-0.15, -0.1) is 0 Å². The van der Waals surface area contributed by atoms with E-state index in [0.29, 0.717) is 12.5 Å². The molecule has 1 unspecified atom stereocenters. The Kier molecular flexibility index (Phi) is 8.40. The minimum atomic E-state index is 0.516. The number of hydrogen-bond acceptors (Lipinski definition) is 2. The Balaban J connectivity index is 3.25. The first kappa shape index (κ1) is 11.6. The molecule has 0 bridgehead atoms. The van der Waals surface area contributed by atoms with Crippen molar-refractivity contribution in [1.29, 1.82) is 0 Å². The van der Waals surface area contributed by atoms with Crippen LogP contribution >= 0.6 is 0 Å². The molecule has 0 aliphatic rings. The van der Waals surface area contributed by atoms with E-state index in [1.165, 1.54) is 32.1 Å². The topological polar surface area (TPSA) is 29.4 Å². The van der Waals surface area contributed by atoms with Crippen LogP contribution in [-0.2, 0) is 0 Å².